The molecule has 2 amide bonds. The predicted molar refractivity (Wildman–Crippen MR) is 121 cm³/mol. The van der Waals surface area contributed by atoms with Gasteiger partial charge in [0.1, 0.15) is 0 Å². The summed E-state index contributed by atoms with van der Waals surface area (Å²) in [7, 11) is 0. The first-order valence-electron chi connectivity index (χ1n) is 11.0. The van der Waals surface area contributed by atoms with Gasteiger partial charge in [0, 0.05) is 18.8 Å². The van der Waals surface area contributed by atoms with Crippen molar-refractivity contribution >= 4 is 17.5 Å². The molecule has 0 spiro atoms. The van der Waals surface area contributed by atoms with Crippen LogP contribution in [0.2, 0.25) is 0 Å². The predicted octanol–water partition coefficient (Wildman–Crippen LogP) is 3.91. The molecular formula is C25H33N3O2. The fourth-order valence-electron chi connectivity index (χ4n) is 3.98. The zero-order valence-electron chi connectivity index (χ0n) is 17.9. The Morgan fingerprint density at radius 1 is 1.03 bits per heavy atom. The van der Waals surface area contributed by atoms with Crippen molar-refractivity contribution in [1.82, 2.24) is 4.90 Å². The molecular weight excluding hydrogens is 374 g/mol. The number of anilines is 1. The molecule has 1 unspecified atom stereocenters. The molecule has 0 radical (unpaired) electrons. The van der Waals surface area contributed by atoms with Gasteiger partial charge in [-0.05, 0) is 61.1 Å². The number of primary amides is 1. The number of benzene rings is 2. The molecule has 0 bridgehead atoms. The Kier molecular flexibility index (Phi) is 8.03. The van der Waals surface area contributed by atoms with Gasteiger partial charge in [-0.3, -0.25) is 14.5 Å². The van der Waals surface area contributed by atoms with E-state index < -0.39 is 0 Å². The average Bonchev–Trinajstić information content (AvgIpc) is 2.75. The van der Waals surface area contributed by atoms with Crippen LogP contribution in [-0.4, -0.2) is 29.8 Å². The van der Waals surface area contributed by atoms with E-state index in [4.69, 9.17) is 5.73 Å². The third kappa shape index (κ3) is 6.70. The summed E-state index contributed by atoms with van der Waals surface area (Å²) in [5.74, 6) is -0.254. The summed E-state index contributed by atoms with van der Waals surface area (Å²) in [5, 5.41) is 2.98. The van der Waals surface area contributed by atoms with Crippen molar-refractivity contribution in [3.8, 4) is 0 Å². The number of piperidine rings is 1. The number of nitrogens with zero attached hydrogens (tertiary/aromatic N) is 1. The Bertz CT molecular complexity index is 830. The van der Waals surface area contributed by atoms with Crippen LogP contribution in [-0.2, 0) is 29.0 Å². The summed E-state index contributed by atoms with van der Waals surface area (Å²) in [5.41, 5.74) is 9.79. The lowest BCUT2D eigenvalue weighted by molar-refractivity contribution is -0.123. The molecule has 0 aliphatic carbocycles. The van der Waals surface area contributed by atoms with E-state index in [-0.39, 0.29) is 17.7 Å². The van der Waals surface area contributed by atoms with E-state index in [9.17, 15) is 9.59 Å². The minimum atomic E-state index is -0.201. The number of unbranched alkanes of at least 4 members (excludes halogenated alkanes) is 1. The minimum absolute atomic E-state index is 0.00983. The zero-order chi connectivity index (χ0) is 21.3. The highest BCUT2D eigenvalue weighted by molar-refractivity contribution is 5.92. The summed E-state index contributed by atoms with van der Waals surface area (Å²) in [6, 6.07) is 16.3. The van der Waals surface area contributed by atoms with Crippen molar-refractivity contribution in [2.75, 3.05) is 18.4 Å². The molecule has 0 aromatic heterocycles. The SMILES string of the molecule is CCCCc1ccc(CC(=O)Nc2ccc(CN3CCCC(C(N)=O)C3)cc2)cc1. The number of rotatable bonds is 9. The lowest BCUT2D eigenvalue weighted by Gasteiger charge is -2.31. The standard InChI is InChI=1S/C25H33N3O2/c1-2-3-5-19-7-9-20(10-8-19)16-24(29)27-23-13-11-21(12-14-23)17-28-15-4-6-22(18-28)25(26)30/h7-14,22H,2-6,15-18H2,1H3,(H2,26,30)(H,27,29). The fourth-order valence-corrected chi connectivity index (χ4v) is 3.98. The highest BCUT2D eigenvalue weighted by atomic mass is 16.2. The lowest BCUT2D eigenvalue weighted by atomic mass is 9.97. The van der Waals surface area contributed by atoms with Crippen molar-refractivity contribution in [2.45, 2.75) is 52.0 Å². The Hall–Kier alpha value is -2.66. The summed E-state index contributed by atoms with van der Waals surface area (Å²) in [4.78, 5) is 26.1. The second-order valence-electron chi connectivity index (χ2n) is 8.32. The van der Waals surface area contributed by atoms with Crippen molar-refractivity contribution < 1.29 is 9.59 Å². The molecule has 0 saturated carbocycles. The normalized spacial score (nSPS) is 16.9. The average molecular weight is 408 g/mol. The van der Waals surface area contributed by atoms with Gasteiger partial charge in [-0.2, -0.15) is 0 Å². The molecule has 2 aromatic carbocycles. The number of carbonyl (C=O) groups excluding carboxylic acids is 2. The molecule has 1 saturated heterocycles. The van der Waals surface area contributed by atoms with Gasteiger partial charge >= 0.3 is 0 Å². The quantitative estimate of drug-likeness (QED) is 0.662. The van der Waals surface area contributed by atoms with Crippen molar-refractivity contribution in [3.63, 3.8) is 0 Å². The van der Waals surface area contributed by atoms with Crippen LogP contribution < -0.4 is 11.1 Å². The van der Waals surface area contributed by atoms with Crippen LogP contribution in [0.1, 0.15) is 49.3 Å². The molecule has 3 N–H and O–H groups in total. The van der Waals surface area contributed by atoms with Crippen LogP contribution in [0.25, 0.3) is 0 Å². The van der Waals surface area contributed by atoms with E-state index >= 15 is 0 Å². The molecule has 5 nitrogen and oxygen atoms in total. The highest BCUT2D eigenvalue weighted by Crippen LogP contribution is 2.19. The molecule has 1 atom stereocenters. The van der Waals surface area contributed by atoms with Crippen molar-refractivity contribution in [2.24, 2.45) is 11.7 Å². The first kappa shape index (κ1) is 22.0. The molecule has 1 fully saturated rings. The number of carbonyl (C=O) groups is 2. The van der Waals surface area contributed by atoms with Crippen LogP contribution in [0.15, 0.2) is 48.5 Å². The Morgan fingerprint density at radius 2 is 1.70 bits per heavy atom. The summed E-state index contributed by atoms with van der Waals surface area (Å²) >= 11 is 0. The summed E-state index contributed by atoms with van der Waals surface area (Å²) in [6.45, 7) is 4.70. The number of aryl methyl sites for hydroxylation is 1. The van der Waals surface area contributed by atoms with Gasteiger partial charge in [0.05, 0.1) is 12.3 Å². The van der Waals surface area contributed by atoms with Crippen LogP contribution in [0.5, 0.6) is 0 Å². The maximum absolute atomic E-state index is 12.4. The third-order valence-corrected chi connectivity index (χ3v) is 5.76. The van der Waals surface area contributed by atoms with Crippen LogP contribution in [0.4, 0.5) is 5.69 Å². The number of amides is 2. The molecule has 160 valence electrons. The smallest absolute Gasteiger partial charge is 0.228 e. The second kappa shape index (κ2) is 10.9. The van der Waals surface area contributed by atoms with Crippen LogP contribution >= 0.6 is 0 Å². The number of nitrogens with one attached hydrogen (secondary N) is 1. The maximum Gasteiger partial charge on any atom is 0.228 e. The molecule has 3 rings (SSSR count). The van der Waals surface area contributed by atoms with Crippen LogP contribution in [0, 0.1) is 5.92 Å². The van der Waals surface area contributed by atoms with Gasteiger partial charge in [0.25, 0.3) is 0 Å². The largest absolute Gasteiger partial charge is 0.369 e. The third-order valence-electron chi connectivity index (χ3n) is 5.76. The monoisotopic (exact) mass is 407 g/mol. The zero-order valence-corrected chi connectivity index (χ0v) is 17.9. The Balaban J connectivity index is 1.47. The minimum Gasteiger partial charge on any atom is -0.369 e. The number of nitrogens with two attached hydrogens (primary N) is 1. The maximum atomic E-state index is 12.4. The van der Waals surface area contributed by atoms with Gasteiger partial charge in [0.15, 0.2) is 0 Å². The van der Waals surface area contributed by atoms with E-state index in [2.05, 4.69) is 29.3 Å². The van der Waals surface area contributed by atoms with Gasteiger partial charge in [0.2, 0.25) is 11.8 Å². The van der Waals surface area contributed by atoms with E-state index in [0.29, 0.717) is 6.42 Å². The van der Waals surface area contributed by atoms with Gasteiger partial charge in [-0.15, -0.1) is 0 Å². The first-order chi connectivity index (χ1) is 14.5. The Labute approximate surface area is 179 Å². The number of hydrogen-bond donors (Lipinski definition) is 2. The van der Waals surface area contributed by atoms with E-state index in [1.54, 1.807) is 0 Å². The van der Waals surface area contributed by atoms with Gasteiger partial charge in [-0.1, -0.05) is 49.7 Å². The molecule has 1 heterocycles. The van der Waals surface area contributed by atoms with Crippen molar-refractivity contribution in [1.29, 1.82) is 0 Å². The number of hydrogen-bond acceptors (Lipinski definition) is 3. The molecule has 1 aliphatic heterocycles. The molecule has 1 aliphatic rings. The molecule has 30 heavy (non-hydrogen) atoms. The second-order valence-corrected chi connectivity index (χ2v) is 8.32. The summed E-state index contributed by atoms with van der Waals surface area (Å²) < 4.78 is 0. The van der Waals surface area contributed by atoms with Crippen LogP contribution in [0.3, 0.4) is 0 Å². The molecule has 5 heteroatoms. The highest BCUT2D eigenvalue weighted by Gasteiger charge is 2.23. The summed E-state index contributed by atoms with van der Waals surface area (Å²) in [6.07, 6.45) is 5.74. The van der Waals surface area contributed by atoms with Gasteiger partial charge < -0.3 is 11.1 Å². The topological polar surface area (TPSA) is 75.4 Å². The van der Waals surface area contributed by atoms with E-state index in [1.807, 2.05) is 36.4 Å². The molecule has 2 aromatic rings. The number of likely N-dealkylation sites (tertiary alicyclic amines) is 1. The fraction of sp³-hybridized carbons (Fsp3) is 0.440. The van der Waals surface area contributed by atoms with Crippen molar-refractivity contribution in [3.05, 3.63) is 65.2 Å². The lowest BCUT2D eigenvalue weighted by Crippen LogP contribution is -2.40. The Morgan fingerprint density at radius 3 is 2.37 bits per heavy atom. The van der Waals surface area contributed by atoms with Gasteiger partial charge in [-0.25, -0.2) is 0 Å². The van der Waals surface area contributed by atoms with E-state index in [0.717, 1.165) is 50.1 Å². The first-order valence-corrected chi connectivity index (χ1v) is 11.0. The van der Waals surface area contributed by atoms with E-state index in [1.165, 1.54) is 24.0 Å².